The Morgan fingerprint density at radius 1 is 1.29 bits per heavy atom. The summed E-state index contributed by atoms with van der Waals surface area (Å²) in [7, 11) is 0. The molecule has 0 unspecified atom stereocenters. The van der Waals surface area contributed by atoms with Gasteiger partial charge in [-0.15, -0.1) is 17.5 Å². The molecule has 3 N–H and O–H groups in total. The Kier molecular flexibility index (Phi) is 5.48. The van der Waals surface area contributed by atoms with Gasteiger partial charge in [0.1, 0.15) is 5.75 Å². The maximum atomic E-state index is 12.7. The van der Waals surface area contributed by atoms with Gasteiger partial charge in [-0.25, -0.2) is 13.9 Å². The molecule has 146 valence electrons. The van der Waals surface area contributed by atoms with Crippen molar-refractivity contribution >= 4 is 29.6 Å². The standard InChI is InChI=1S/C18H16FN5O3.ClH/c19-7-11(8-20)9-24-18(26)23-4-3-13(6-16(23)22-24)12-1-2-15-14(5-12)21-17(25)10-27-15;/h1-7H,8-10,20H2,(H,21,25);1H/b11-7+;. The number of rotatable bonds is 4. The molecule has 0 saturated heterocycles. The lowest BCUT2D eigenvalue weighted by Crippen LogP contribution is -2.25. The highest BCUT2D eigenvalue weighted by atomic mass is 35.5. The summed E-state index contributed by atoms with van der Waals surface area (Å²) in [4.78, 5) is 23.9. The average Bonchev–Trinajstić information content (AvgIpc) is 3.00. The predicted octanol–water partition coefficient (Wildman–Crippen LogP) is 1.73. The number of carbonyl (C=O) groups excluding carboxylic acids is 1. The predicted molar refractivity (Wildman–Crippen MR) is 105 cm³/mol. The number of fused-ring (bicyclic) bond motifs is 2. The molecule has 0 atom stereocenters. The van der Waals surface area contributed by atoms with Gasteiger partial charge in [0.2, 0.25) is 0 Å². The average molecular weight is 406 g/mol. The first kappa shape index (κ1) is 19.6. The molecule has 3 aromatic rings. The molecule has 0 fully saturated rings. The summed E-state index contributed by atoms with van der Waals surface area (Å²) >= 11 is 0. The van der Waals surface area contributed by atoms with E-state index < -0.39 is 0 Å². The lowest BCUT2D eigenvalue weighted by molar-refractivity contribution is -0.118. The van der Waals surface area contributed by atoms with Crippen molar-refractivity contribution in [2.45, 2.75) is 6.54 Å². The van der Waals surface area contributed by atoms with E-state index in [4.69, 9.17) is 10.5 Å². The number of carbonyl (C=O) groups is 1. The van der Waals surface area contributed by atoms with E-state index in [9.17, 15) is 14.0 Å². The zero-order chi connectivity index (χ0) is 19.0. The summed E-state index contributed by atoms with van der Waals surface area (Å²) in [5.41, 5.74) is 7.98. The Balaban J connectivity index is 0.00000225. The lowest BCUT2D eigenvalue weighted by atomic mass is 10.1. The van der Waals surface area contributed by atoms with Gasteiger partial charge in [-0.3, -0.25) is 9.20 Å². The van der Waals surface area contributed by atoms with E-state index in [1.807, 2.05) is 6.07 Å². The minimum atomic E-state index is -0.379. The summed E-state index contributed by atoms with van der Waals surface area (Å²) in [6.07, 6.45) is 2.00. The summed E-state index contributed by atoms with van der Waals surface area (Å²) in [5.74, 6) is 0.393. The van der Waals surface area contributed by atoms with E-state index in [-0.39, 0.29) is 49.3 Å². The minimum absolute atomic E-state index is 0. The van der Waals surface area contributed by atoms with Crippen LogP contribution in [0.25, 0.3) is 16.8 Å². The Hall–Kier alpha value is -3.17. The number of ether oxygens (including phenoxy) is 1. The van der Waals surface area contributed by atoms with E-state index in [1.54, 1.807) is 30.5 Å². The van der Waals surface area contributed by atoms with Crippen molar-refractivity contribution < 1.29 is 13.9 Å². The summed E-state index contributed by atoms with van der Waals surface area (Å²) < 4.78 is 20.6. The number of nitrogens with two attached hydrogens (primary N) is 1. The Labute approximate surface area is 164 Å². The van der Waals surface area contributed by atoms with Crippen molar-refractivity contribution in [1.29, 1.82) is 0 Å². The fraction of sp³-hybridized carbons (Fsp3) is 0.167. The van der Waals surface area contributed by atoms with E-state index in [0.717, 1.165) is 15.8 Å². The summed E-state index contributed by atoms with van der Waals surface area (Å²) in [6, 6.07) is 8.94. The molecule has 28 heavy (non-hydrogen) atoms. The number of nitrogens with zero attached hydrogens (tertiary/aromatic N) is 3. The zero-order valence-corrected chi connectivity index (χ0v) is 15.4. The van der Waals surface area contributed by atoms with Gasteiger partial charge in [-0.05, 0) is 41.0 Å². The molecule has 8 nitrogen and oxygen atoms in total. The highest BCUT2D eigenvalue weighted by Crippen LogP contribution is 2.32. The smallest absolute Gasteiger partial charge is 0.350 e. The molecular formula is C18H17ClFN5O3. The van der Waals surface area contributed by atoms with Gasteiger partial charge in [0.05, 0.1) is 18.6 Å². The Bertz CT molecular complexity index is 1140. The quantitative estimate of drug-likeness (QED) is 0.688. The van der Waals surface area contributed by atoms with Gasteiger partial charge in [0.25, 0.3) is 5.91 Å². The molecule has 4 rings (SSSR count). The van der Waals surface area contributed by atoms with Crippen LogP contribution in [0, 0.1) is 0 Å². The fourth-order valence-electron chi connectivity index (χ4n) is 2.90. The SMILES string of the molecule is Cl.NC/C(=C\F)Cn1nc2cc(-c3ccc4c(c3)NC(=O)CO4)ccn2c1=O. The van der Waals surface area contributed by atoms with Gasteiger partial charge < -0.3 is 15.8 Å². The largest absolute Gasteiger partial charge is 0.482 e. The molecule has 0 aliphatic carbocycles. The number of pyridine rings is 1. The Morgan fingerprint density at radius 2 is 2.07 bits per heavy atom. The van der Waals surface area contributed by atoms with Gasteiger partial charge >= 0.3 is 5.69 Å². The maximum absolute atomic E-state index is 12.7. The van der Waals surface area contributed by atoms with Crippen molar-refractivity contribution in [2.75, 3.05) is 18.5 Å². The molecule has 1 aliphatic rings. The number of nitrogens with one attached hydrogen (secondary N) is 1. The van der Waals surface area contributed by atoms with Crippen LogP contribution < -0.4 is 21.5 Å². The second-order valence-corrected chi connectivity index (χ2v) is 6.10. The monoisotopic (exact) mass is 405 g/mol. The van der Waals surface area contributed by atoms with Crippen LogP contribution in [0.1, 0.15) is 0 Å². The van der Waals surface area contributed by atoms with Crippen molar-refractivity contribution in [3.8, 4) is 16.9 Å². The van der Waals surface area contributed by atoms with Crippen LogP contribution in [0.4, 0.5) is 10.1 Å². The number of hydrogen-bond donors (Lipinski definition) is 2. The van der Waals surface area contributed by atoms with E-state index in [1.165, 1.54) is 4.40 Å². The van der Waals surface area contributed by atoms with Crippen LogP contribution in [-0.2, 0) is 11.3 Å². The third-order valence-corrected chi connectivity index (χ3v) is 4.30. The molecule has 1 aliphatic heterocycles. The molecule has 0 radical (unpaired) electrons. The summed E-state index contributed by atoms with van der Waals surface area (Å²) in [6.45, 7) is -0.00713. The minimum Gasteiger partial charge on any atom is -0.482 e. The van der Waals surface area contributed by atoms with Crippen LogP contribution in [0.3, 0.4) is 0 Å². The van der Waals surface area contributed by atoms with Crippen molar-refractivity contribution in [1.82, 2.24) is 14.2 Å². The molecule has 2 aromatic heterocycles. The van der Waals surface area contributed by atoms with Gasteiger partial charge in [-0.1, -0.05) is 6.07 Å². The second kappa shape index (κ2) is 7.83. The molecule has 10 heteroatoms. The van der Waals surface area contributed by atoms with Gasteiger partial charge in [0, 0.05) is 12.7 Å². The molecule has 1 amide bonds. The normalized spacial score (nSPS) is 13.5. The van der Waals surface area contributed by atoms with Crippen LogP contribution in [0.5, 0.6) is 5.75 Å². The van der Waals surface area contributed by atoms with Crippen LogP contribution in [0.15, 0.2) is 53.2 Å². The highest BCUT2D eigenvalue weighted by molar-refractivity contribution is 5.96. The first-order valence-corrected chi connectivity index (χ1v) is 8.23. The molecule has 0 spiro atoms. The number of benzene rings is 1. The van der Waals surface area contributed by atoms with Crippen molar-refractivity contribution in [3.05, 3.63) is 58.9 Å². The van der Waals surface area contributed by atoms with Crippen molar-refractivity contribution in [3.63, 3.8) is 0 Å². The second-order valence-electron chi connectivity index (χ2n) is 6.10. The molecule has 3 heterocycles. The molecule has 1 aromatic carbocycles. The molecule has 0 bridgehead atoms. The third kappa shape index (κ3) is 3.49. The summed E-state index contributed by atoms with van der Waals surface area (Å²) in [5, 5.41) is 7.01. The van der Waals surface area contributed by atoms with Gasteiger partial charge in [0.15, 0.2) is 12.3 Å². The van der Waals surface area contributed by atoms with Crippen LogP contribution in [-0.4, -0.2) is 33.2 Å². The Morgan fingerprint density at radius 3 is 2.82 bits per heavy atom. The highest BCUT2D eigenvalue weighted by Gasteiger charge is 2.17. The van der Waals surface area contributed by atoms with Gasteiger partial charge in [-0.2, -0.15) is 0 Å². The topological polar surface area (TPSA) is 104 Å². The van der Waals surface area contributed by atoms with Crippen molar-refractivity contribution in [2.24, 2.45) is 5.73 Å². The fourth-order valence-corrected chi connectivity index (χ4v) is 2.90. The molecular weight excluding hydrogens is 389 g/mol. The first-order valence-electron chi connectivity index (χ1n) is 8.23. The van der Waals surface area contributed by atoms with E-state index in [0.29, 0.717) is 23.4 Å². The number of anilines is 1. The third-order valence-electron chi connectivity index (χ3n) is 4.30. The molecule has 0 saturated carbocycles. The van der Waals surface area contributed by atoms with Crippen LogP contribution in [0.2, 0.25) is 0 Å². The van der Waals surface area contributed by atoms with E-state index >= 15 is 0 Å². The van der Waals surface area contributed by atoms with E-state index in [2.05, 4.69) is 10.4 Å². The number of halogens is 2. The number of aromatic nitrogens is 3. The zero-order valence-electron chi connectivity index (χ0n) is 14.6. The maximum Gasteiger partial charge on any atom is 0.350 e. The number of amides is 1. The van der Waals surface area contributed by atoms with Crippen LogP contribution >= 0.6 is 12.4 Å². The first-order chi connectivity index (χ1) is 13.1. The number of hydrogen-bond acceptors (Lipinski definition) is 5. The lowest BCUT2D eigenvalue weighted by Gasteiger charge is -2.18.